The smallest absolute Gasteiger partial charge is 0.336 e. The Balaban J connectivity index is 2.38. The molecule has 6 heteroatoms. The molecule has 0 aliphatic rings. The predicted octanol–water partition coefficient (Wildman–Crippen LogP) is 3.71. The Kier molecular flexibility index (Phi) is 2.93. The maximum atomic E-state index is 11.4. The van der Waals surface area contributed by atoms with E-state index < -0.39 is 5.97 Å². The zero-order valence-electron chi connectivity index (χ0n) is 9.50. The number of halogens is 1. The number of carbonyl (C=O) groups is 1. The Morgan fingerprint density at radius 3 is 2.89 bits per heavy atom. The fraction of sp³-hybridized carbons (Fsp3) is 0. The summed E-state index contributed by atoms with van der Waals surface area (Å²) in [6.07, 6.45) is 1.65. The number of benzene rings is 1. The molecule has 19 heavy (non-hydrogen) atoms. The molecule has 0 spiro atoms. The second-order valence-corrected chi connectivity index (χ2v) is 5.16. The van der Waals surface area contributed by atoms with E-state index in [2.05, 4.69) is 9.97 Å². The Morgan fingerprint density at radius 2 is 2.21 bits per heavy atom. The van der Waals surface area contributed by atoms with E-state index in [1.807, 2.05) is 0 Å². The van der Waals surface area contributed by atoms with Crippen LogP contribution in [0.15, 0.2) is 36.0 Å². The number of para-hydroxylation sites is 1. The van der Waals surface area contributed by atoms with E-state index in [9.17, 15) is 9.90 Å². The van der Waals surface area contributed by atoms with Crippen molar-refractivity contribution in [2.45, 2.75) is 0 Å². The summed E-state index contributed by atoms with van der Waals surface area (Å²) in [4.78, 5) is 20.6. The van der Waals surface area contributed by atoms with Crippen LogP contribution in [-0.2, 0) is 0 Å². The molecule has 0 aliphatic heterocycles. The summed E-state index contributed by atoms with van der Waals surface area (Å²) >= 11 is 7.50. The van der Waals surface area contributed by atoms with Crippen molar-refractivity contribution in [1.29, 1.82) is 0 Å². The summed E-state index contributed by atoms with van der Waals surface area (Å²) in [5.41, 5.74) is 2.93. The van der Waals surface area contributed by atoms with Crippen LogP contribution in [0, 0.1) is 0 Å². The van der Waals surface area contributed by atoms with Gasteiger partial charge in [0, 0.05) is 11.6 Å². The number of pyridine rings is 1. The maximum absolute atomic E-state index is 11.4. The number of carboxylic acids is 1. The topological polar surface area (TPSA) is 63.1 Å². The van der Waals surface area contributed by atoms with Crippen molar-refractivity contribution in [3.63, 3.8) is 0 Å². The second-order valence-electron chi connectivity index (χ2n) is 3.86. The lowest BCUT2D eigenvalue weighted by Crippen LogP contribution is -2.00. The van der Waals surface area contributed by atoms with Crippen LogP contribution in [0.1, 0.15) is 10.4 Å². The molecular formula is C13H7ClN2O2S. The van der Waals surface area contributed by atoms with Gasteiger partial charge in [-0.1, -0.05) is 23.7 Å². The van der Waals surface area contributed by atoms with Crippen molar-refractivity contribution in [1.82, 2.24) is 9.97 Å². The van der Waals surface area contributed by atoms with Crippen LogP contribution in [0.2, 0.25) is 5.02 Å². The Hall–Kier alpha value is -1.98. The minimum atomic E-state index is -1.000. The van der Waals surface area contributed by atoms with Crippen LogP contribution in [0.4, 0.5) is 0 Å². The first-order valence-corrected chi connectivity index (χ1v) is 6.64. The van der Waals surface area contributed by atoms with Crippen molar-refractivity contribution < 1.29 is 9.90 Å². The van der Waals surface area contributed by atoms with Gasteiger partial charge in [0.2, 0.25) is 0 Å². The molecule has 3 rings (SSSR count). The summed E-state index contributed by atoms with van der Waals surface area (Å²) in [6, 6.07) is 6.66. The van der Waals surface area contributed by atoms with Crippen LogP contribution in [0.5, 0.6) is 0 Å². The zero-order valence-corrected chi connectivity index (χ0v) is 11.1. The van der Waals surface area contributed by atoms with Gasteiger partial charge in [-0.15, -0.1) is 11.3 Å². The standard InChI is InChI=1S/C13H7ClN2O2S/c14-9-3-1-2-7-8(13(17)18)4-10(16-12(7)9)11-5-15-6-19-11/h1-6H,(H,17,18). The Morgan fingerprint density at radius 1 is 1.37 bits per heavy atom. The summed E-state index contributed by atoms with van der Waals surface area (Å²) in [7, 11) is 0. The maximum Gasteiger partial charge on any atom is 0.336 e. The monoisotopic (exact) mass is 290 g/mol. The molecule has 4 nitrogen and oxygen atoms in total. The van der Waals surface area contributed by atoms with Crippen molar-refractivity contribution in [3.8, 4) is 10.6 Å². The molecule has 0 fully saturated rings. The van der Waals surface area contributed by atoms with Crippen LogP contribution >= 0.6 is 22.9 Å². The number of aromatic carboxylic acids is 1. The lowest BCUT2D eigenvalue weighted by molar-refractivity contribution is 0.0699. The first kappa shape index (κ1) is 12.1. The lowest BCUT2D eigenvalue weighted by atomic mass is 10.1. The van der Waals surface area contributed by atoms with Crippen molar-refractivity contribution in [2.24, 2.45) is 0 Å². The van der Waals surface area contributed by atoms with Gasteiger partial charge in [0.1, 0.15) is 0 Å². The molecule has 0 amide bonds. The molecule has 0 saturated carbocycles. The molecular weight excluding hydrogens is 284 g/mol. The van der Waals surface area contributed by atoms with E-state index in [0.717, 1.165) is 4.88 Å². The number of fused-ring (bicyclic) bond motifs is 1. The minimum absolute atomic E-state index is 0.191. The van der Waals surface area contributed by atoms with E-state index in [1.54, 1.807) is 36.0 Å². The van der Waals surface area contributed by atoms with Crippen molar-refractivity contribution >= 4 is 39.8 Å². The number of carboxylic acid groups (broad SMARTS) is 1. The van der Waals surface area contributed by atoms with Gasteiger partial charge in [-0.3, -0.25) is 4.98 Å². The number of rotatable bonds is 2. The first-order valence-electron chi connectivity index (χ1n) is 5.38. The lowest BCUT2D eigenvalue weighted by Gasteiger charge is -2.06. The number of hydrogen-bond donors (Lipinski definition) is 1. The average molecular weight is 291 g/mol. The second kappa shape index (κ2) is 4.60. The fourth-order valence-electron chi connectivity index (χ4n) is 1.86. The molecule has 94 valence electrons. The van der Waals surface area contributed by atoms with E-state index in [4.69, 9.17) is 11.6 Å². The molecule has 0 aliphatic carbocycles. The number of hydrogen-bond acceptors (Lipinski definition) is 4. The van der Waals surface area contributed by atoms with Crippen LogP contribution in [0.25, 0.3) is 21.5 Å². The number of nitrogens with zero attached hydrogens (tertiary/aromatic N) is 2. The van der Waals surface area contributed by atoms with E-state index in [1.165, 1.54) is 11.3 Å². The molecule has 0 atom stereocenters. The summed E-state index contributed by atoms with van der Waals surface area (Å²) < 4.78 is 0. The third-order valence-corrected chi connectivity index (χ3v) is 3.81. The van der Waals surface area contributed by atoms with Gasteiger partial charge in [0.25, 0.3) is 0 Å². The molecule has 0 saturated heterocycles. The average Bonchev–Trinajstić information content (AvgIpc) is 2.92. The molecule has 0 bridgehead atoms. The molecule has 1 N–H and O–H groups in total. The highest BCUT2D eigenvalue weighted by atomic mass is 35.5. The van der Waals surface area contributed by atoms with Crippen LogP contribution in [-0.4, -0.2) is 21.0 Å². The SMILES string of the molecule is O=C(O)c1cc(-c2cncs2)nc2c(Cl)cccc12. The normalized spacial score (nSPS) is 10.8. The zero-order chi connectivity index (χ0) is 13.4. The van der Waals surface area contributed by atoms with Crippen LogP contribution < -0.4 is 0 Å². The number of thiazole rings is 1. The van der Waals surface area contributed by atoms with Gasteiger partial charge in [0.05, 0.1) is 32.2 Å². The summed E-state index contributed by atoms with van der Waals surface area (Å²) in [6.45, 7) is 0. The van der Waals surface area contributed by atoms with Gasteiger partial charge in [-0.2, -0.15) is 0 Å². The van der Waals surface area contributed by atoms with Gasteiger partial charge in [0.15, 0.2) is 0 Å². The fourth-order valence-corrected chi connectivity index (χ4v) is 2.66. The molecule has 2 heterocycles. The Labute approximate surface area is 117 Å². The van der Waals surface area contributed by atoms with Crippen LogP contribution in [0.3, 0.4) is 0 Å². The summed E-state index contributed by atoms with van der Waals surface area (Å²) in [5, 5.41) is 10.3. The third-order valence-electron chi connectivity index (χ3n) is 2.71. The quantitative estimate of drug-likeness (QED) is 0.781. The van der Waals surface area contributed by atoms with E-state index >= 15 is 0 Å². The molecule has 0 unspecified atom stereocenters. The highest BCUT2D eigenvalue weighted by molar-refractivity contribution is 7.13. The molecule has 3 aromatic rings. The Bertz CT molecular complexity index is 772. The third kappa shape index (κ3) is 2.07. The predicted molar refractivity (Wildman–Crippen MR) is 74.8 cm³/mol. The van der Waals surface area contributed by atoms with Gasteiger partial charge in [-0.05, 0) is 12.1 Å². The number of aromatic nitrogens is 2. The van der Waals surface area contributed by atoms with E-state index in [0.29, 0.717) is 21.6 Å². The van der Waals surface area contributed by atoms with Crippen molar-refractivity contribution in [3.05, 3.63) is 46.6 Å². The summed E-state index contributed by atoms with van der Waals surface area (Å²) in [5.74, 6) is -1.000. The minimum Gasteiger partial charge on any atom is -0.478 e. The molecule has 0 radical (unpaired) electrons. The molecule has 2 aromatic heterocycles. The highest BCUT2D eigenvalue weighted by Crippen LogP contribution is 2.30. The van der Waals surface area contributed by atoms with Crippen molar-refractivity contribution in [2.75, 3.05) is 0 Å². The van der Waals surface area contributed by atoms with E-state index in [-0.39, 0.29) is 5.56 Å². The highest BCUT2D eigenvalue weighted by Gasteiger charge is 2.15. The molecule has 1 aromatic carbocycles. The van der Waals surface area contributed by atoms with Gasteiger partial charge < -0.3 is 5.11 Å². The van der Waals surface area contributed by atoms with Gasteiger partial charge >= 0.3 is 5.97 Å². The first-order chi connectivity index (χ1) is 9.16. The largest absolute Gasteiger partial charge is 0.478 e. The van der Waals surface area contributed by atoms with Gasteiger partial charge in [-0.25, -0.2) is 9.78 Å².